The molecule has 1 spiro atoms. The number of fused-ring (bicyclic) bond motifs is 1. The first-order valence-electron chi connectivity index (χ1n) is 12.9. The van der Waals surface area contributed by atoms with Gasteiger partial charge in [-0.3, -0.25) is 4.79 Å². The van der Waals surface area contributed by atoms with Crippen molar-refractivity contribution in [2.24, 2.45) is 11.3 Å². The highest BCUT2D eigenvalue weighted by Gasteiger charge is 2.50. The van der Waals surface area contributed by atoms with Crippen molar-refractivity contribution >= 4 is 34.8 Å². The van der Waals surface area contributed by atoms with Gasteiger partial charge < -0.3 is 30.3 Å². The highest BCUT2D eigenvalue weighted by atomic mass is 16.6. The van der Waals surface area contributed by atoms with Crippen molar-refractivity contribution in [2.45, 2.75) is 65.5 Å². The van der Waals surface area contributed by atoms with Gasteiger partial charge in [-0.1, -0.05) is 13.8 Å². The van der Waals surface area contributed by atoms with Crippen molar-refractivity contribution in [1.82, 2.24) is 25.2 Å². The van der Waals surface area contributed by atoms with Gasteiger partial charge in [0.15, 0.2) is 5.82 Å². The standard InChI is InChI=1S/C26H39N7O4/c1-16(2)9-17(10-20(35)27-6)29-22-21-19(11-18(34)12-28-21)30-23(31-22)32-8-7-26(13-32)14-33(15-26)24(36)37-25(3,4)5/h11-12,16-17,34H,7-10,13-15H2,1-6H3,(H,27,35)(H,29,30,31)/t17-/m0/s1. The number of aromatic nitrogens is 3. The van der Waals surface area contributed by atoms with Crippen LogP contribution in [-0.2, 0) is 9.53 Å². The van der Waals surface area contributed by atoms with E-state index in [9.17, 15) is 14.7 Å². The maximum Gasteiger partial charge on any atom is 0.410 e. The van der Waals surface area contributed by atoms with E-state index in [1.807, 2.05) is 20.8 Å². The lowest BCUT2D eigenvalue weighted by Gasteiger charge is -2.47. The zero-order valence-corrected chi connectivity index (χ0v) is 22.7. The van der Waals surface area contributed by atoms with Gasteiger partial charge in [-0.15, -0.1) is 0 Å². The molecule has 2 aromatic rings. The molecule has 2 amide bonds. The van der Waals surface area contributed by atoms with Crippen molar-refractivity contribution in [3.05, 3.63) is 12.3 Å². The average Bonchev–Trinajstić information content (AvgIpc) is 3.22. The van der Waals surface area contributed by atoms with Crippen molar-refractivity contribution < 1.29 is 19.4 Å². The highest BCUT2D eigenvalue weighted by molar-refractivity contribution is 5.87. The minimum atomic E-state index is -0.519. The van der Waals surface area contributed by atoms with Gasteiger partial charge >= 0.3 is 6.09 Å². The van der Waals surface area contributed by atoms with E-state index in [2.05, 4.69) is 34.4 Å². The lowest BCUT2D eigenvalue weighted by Crippen LogP contribution is -2.60. The van der Waals surface area contributed by atoms with E-state index in [4.69, 9.17) is 14.7 Å². The molecule has 0 bridgehead atoms. The predicted octanol–water partition coefficient (Wildman–Crippen LogP) is 3.14. The van der Waals surface area contributed by atoms with Gasteiger partial charge in [-0.25, -0.2) is 14.8 Å². The smallest absolute Gasteiger partial charge is 0.410 e. The largest absolute Gasteiger partial charge is 0.506 e. The normalized spacial score (nSPS) is 17.7. The van der Waals surface area contributed by atoms with Gasteiger partial charge in [0.25, 0.3) is 0 Å². The van der Waals surface area contributed by atoms with E-state index in [-0.39, 0.29) is 29.2 Å². The molecule has 11 heteroatoms. The molecule has 2 aromatic heterocycles. The molecule has 0 radical (unpaired) electrons. The van der Waals surface area contributed by atoms with Gasteiger partial charge in [-0.2, -0.15) is 4.98 Å². The van der Waals surface area contributed by atoms with Crippen LogP contribution in [0.4, 0.5) is 16.6 Å². The van der Waals surface area contributed by atoms with Crippen LogP contribution in [0, 0.1) is 11.3 Å². The zero-order chi connectivity index (χ0) is 27.0. The van der Waals surface area contributed by atoms with Crippen LogP contribution in [-0.4, -0.2) is 81.8 Å². The second kappa shape index (κ2) is 10.2. The maximum absolute atomic E-state index is 12.4. The molecule has 4 heterocycles. The molecule has 1 atom stereocenters. The maximum atomic E-state index is 12.4. The Balaban J connectivity index is 1.55. The fourth-order valence-corrected chi connectivity index (χ4v) is 5.10. The van der Waals surface area contributed by atoms with Crippen molar-refractivity contribution in [3.63, 3.8) is 0 Å². The van der Waals surface area contributed by atoms with Crippen LogP contribution in [0.25, 0.3) is 11.0 Å². The molecule has 2 aliphatic rings. The average molecular weight is 514 g/mol. The predicted molar refractivity (Wildman–Crippen MR) is 142 cm³/mol. The fourth-order valence-electron chi connectivity index (χ4n) is 5.10. The number of ether oxygens (including phenoxy) is 1. The van der Waals surface area contributed by atoms with E-state index < -0.39 is 5.60 Å². The number of amides is 2. The van der Waals surface area contributed by atoms with E-state index in [1.165, 1.54) is 6.20 Å². The van der Waals surface area contributed by atoms with Crippen LogP contribution in [0.1, 0.15) is 53.9 Å². The highest BCUT2D eigenvalue weighted by Crippen LogP contribution is 2.41. The summed E-state index contributed by atoms with van der Waals surface area (Å²) < 4.78 is 5.51. The number of nitrogens with one attached hydrogen (secondary N) is 2. The quantitative estimate of drug-likeness (QED) is 0.511. The molecule has 0 aromatic carbocycles. The summed E-state index contributed by atoms with van der Waals surface area (Å²) in [4.78, 5) is 42.4. The van der Waals surface area contributed by atoms with E-state index in [0.717, 1.165) is 25.9 Å². The third-order valence-electron chi connectivity index (χ3n) is 6.74. The number of hydrogen-bond donors (Lipinski definition) is 3. The van der Waals surface area contributed by atoms with Gasteiger partial charge in [0, 0.05) is 57.2 Å². The number of rotatable bonds is 7. The molecule has 0 aliphatic carbocycles. The summed E-state index contributed by atoms with van der Waals surface area (Å²) >= 11 is 0. The van der Waals surface area contributed by atoms with Crippen molar-refractivity contribution in [3.8, 4) is 5.75 Å². The Bertz CT molecular complexity index is 1160. The van der Waals surface area contributed by atoms with E-state index in [0.29, 0.717) is 48.2 Å². The van der Waals surface area contributed by atoms with Crippen molar-refractivity contribution in [2.75, 3.05) is 43.4 Å². The Kier molecular flexibility index (Phi) is 7.34. The fraction of sp³-hybridized carbons (Fsp3) is 0.654. The Morgan fingerprint density at radius 3 is 2.59 bits per heavy atom. The molecule has 37 heavy (non-hydrogen) atoms. The van der Waals surface area contributed by atoms with Gasteiger partial charge in [-0.05, 0) is 39.5 Å². The second-order valence-electron chi connectivity index (χ2n) is 11.8. The lowest BCUT2D eigenvalue weighted by molar-refractivity contribution is -0.120. The first-order chi connectivity index (χ1) is 17.4. The van der Waals surface area contributed by atoms with Crippen LogP contribution < -0.4 is 15.5 Å². The minimum Gasteiger partial charge on any atom is -0.506 e. The molecule has 2 fully saturated rings. The third kappa shape index (κ3) is 6.31. The van der Waals surface area contributed by atoms with E-state index >= 15 is 0 Å². The molecule has 11 nitrogen and oxygen atoms in total. The first-order valence-corrected chi connectivity index (χ1v) is 12.9. The Morgan fingerprint density at radius 2 is 1.95 bits per heavy atom. The number of pyridine rings is 1. The molecule has 4 rings (SSSR count). The number of carbonyl (C=O) groups is 2. The molecular weight excluding hydrogens is 474 g/mol. The van der Waals surface area contributed by atoms with Gasteiger partial charge in [0.05, 0.1) is 6.20 Å². The summed E-state index contributed by atoms with van der Waals surface area (Å²) in [5.41, 5.74) is 0.537. The van der Waals surface area contributed by atoms with Crippen LogP contribution in [0.2, 0.25) is 0 Å². The molecule has 2 saturated heterocycles. The molecule has 0 saturated carbocycles. The third-order valence-corrected chi connectivity index (χ3v) is 6.74. The topological polar surface area (TPSA) is 133 Å². The zero-order valence-electron chi connectivity index (χ0n) is 22.7. The Hall–Kier alpha value is -3.37. The molecule has 202 valence electrons. The van der Waals surface area contributed by atoms with Crippen molar-refractivity contribution in [1.29, 1.82) is 0 Å². The van der Waals surface area contributed by atoms with Gasteiger partial charge in [0.2, 0.25) is 11.9 Å². The minimum absolute atomic E-state index is 0.0146. The number of aromatic hydroxyl groups is 1. The lowest BCUT2D eigenvalue weighted by atomic mass is 9.79. The van der Waals surface area contributed by atoms with Gasteiger partial charge in [0.1, 0.15) is 22.4 Å². The van der Waals surface area contributed by atoms with Crippen LogP contribution >= 0.6 is 0 Å². The summed E-state index contributed by atoms with van der Waals surface area (Å²) in [7, 11) is 1.63. The second-order valence-corrected chi connectivity index (χ2v) is 11.8. The number of anilines is 2. The number of carbonyl (C=O) groups excluding carboxylic acids is 2. The number of hydrogen-bond acceptors (Lipinski definition) is 9. The Morgan fingerprint density at radius 1 is 1.22 bits per heavy atom. The summed E-state index contributed by atoms with van der Waals surface area (Å²) in [6, 6.07) is 1.44. The van der Waals surface area contributed by atoms with E-state index in [1.54, 1.807) is 18.0 Å². The summed E-state index contributed by atoms with van der Waals surface area (Å²) in [6.45, 7) is 12.6. The summed E-state index contributed by atoms with van der Waals surface area (Å²) in [5.74, 6) is 1.43. The monoisotopic (exact) mass is 513 g/mol. The first kappa shape index (κ1) is 26.7. The molecular formula is C26H39N7O4. The van der Waals surface area contributed by atoms with Crippen LogP contribution in [0.15, 0.2) is 12.3 Å². The summed E-state index contributed by atoms with van der Waals surface area (Å²) in [5, 5.41) is 16.2. The Labute approximate surface area is 218 Å². The molecule has 3 N–H and O–H groups in total. The molecule has 2 aliphatic heterocycles. The summed E-state index contributed by atoms with van der Waals surface area (Å²) in [6.07, 6.45) is 3.10. The SMILES string of the molecule is CNC(=O)C[C@H](CC(C)C)Nc1nc(N2CCC3(CN(C(=O)OC(C)(C)C)C3)C2)nc2cc(O)cnc12. The van der Waals surface area contributed by atoms with Crippen LogP contribution in [0.5, 0.6) is 5.75 Å². The number of nitrogens with zero attached hydrogens (tertiary/aromatic N) is 5. The number of likely N-dealkylation sites (tertiary alicyclic amines) is 1. The molecule has 0 unspecified atom stereocenters. The van der Waals surface area contributed by atoms with Crippen LogP contribution in [0.3, 0.4) is 0 Å².